The molecule has 0 spiro atoms. The number of hydrogen-bond acceptors (Lipinski definition) is 5. The number of hydrogen-bond donors (Lipinski definition) is 1. The molecule has 6 nitrogen and oxygen atoms in total. The molecule has 1 amide bonds. The van der Waals surface area contributed by atoms with Crippen molar-refractivity contribution in [2.24, 2.45) is 0 Å². The number of aromatic hydroxyl groups is 1. The minimum Gasteiger partial charge on any atom is -0.649 e. The molecule has 0 unspecified atom stereocenters. The van der Waals surface area contributed by atoms with Gasteiger partial charge in [0.1, 0.15) is 16.1 Å². The van der Waals surface area contributed by atoms with Crippen molar-refractivity contribution >= 4 is 27.5 Å². The molecule has 1 aliphatic heterocycles. The fourth-order valence-electron chi connectivity index (χ4n) is 3.52. The largest absolute Gasteiger partial charge is 1.00 e. The van der Waals surface area contributed by atoms with Crippen LogP contribution in [0.2, 0.25) is 0 Å². The van der Waals surface area contributed by atoms with Crippen molar-refractivity contribution in [1.82, 2.24) is 9.47 Å². The van der Waals surface area contributed by atoms with Crippen LogP contribution in [0, 0.1) is 0 Å². The Balaban J connectivity index is 0.00000261. The molecule has 1 N–H and O–H groups in total. The molecule has 2 aromatic heterocycles. The molecule has 0 aromatic carbocycles. The number of thiophene rings is 1. The molecule has 0 aliphatic carbocycles. The van der Waals surface area contributed by atoms with E-state index in [2.05, 4.69) is 10.2 Å². The molecular weight excluding hydrogens is 373 g/mol. The SMILES string of the molecule is CC(C)n1c(=O)c(C(=O)[N-]CCCN2CCCCC2)c(O)c2ccsc21.[Na+]. The number of likely N-dealkylation sites (tertiary alicyclic amines) is 1. The second-order valence-corrected chi connectivity index (χ2v) is 7.97. The monoisotopic (exact) mass is 399 g/mol. The van der Waals surface area contributed by atoms with Crippen molar-refractivity contribution in [3.63, 3.8) is 0 Å². The molecule has 3 heterocycles. The van der Waals surface area contributed by atoms with E-state index in [0.29, 0.717) is 16.8 Å². The summed E-state index contributed by atoms with van der Waals surface area (Å²) in [6.45, 7) is 7.30. The van der Waals surface area contributed by atoms with Gasteiger partial charge in [0, 0.05) is 6.04 Å². The van der Waals surface area contributed by atoms with Gasteiger partial charge in [-0.05, 0) is 57.8 Å². The van der Waals surface area contributed by atoms with Gasteiger partial charge in [-0.15, -0.1) is 17.9 Å². The molecule has 3 rings (SSSR count). The third-order valence-corrected chi connectivity index (χ3v) is 5.77. The molecule has 1 saturated heterocycles. The Hall–Kier alpha value is -0.860. The fourth-order valence-corrected chi connectivity index (χ4v) is 4.55. The van der Waals surface area contributed by atoms with E-state index in [1.54, 1.807) is 10.6 Å². The Morgan fingerprint density at radius 3 is 2.67 bits per heavy atom. The van der Waals surface area contributed by atoms with E-state index in [1.165, 1.54) is 30.6 Å². The second-order valence-electron chi connectivity index (χ2n) is 7.07. The van der Waals surface area contributed by atoms with E-state index in [9.17, 15) is 14.7 Å². The van der Waals surface area contributed by atoms with Crippen molar-refractivity contribution in [2.75, 3.05) is 26.2 Å². The number of aromatic nitrogens is 1. The van der Waals surface area contributed by atoms with Crippen LogP contribution in [-0.4, -0.2) is 46.7 Å². The zero-order valence-corrected chi connectivity index (χ0v) is 19.2. The molecule has 142 valence electrons. The van der Waals surface area contributed by atoms with Crippen molar-refractivity contribution in [1.29, 1.82) is 0 Å². The topological polar surface area (TPSA) is 76.6 Å². The normalized spacial score (nSPS) is 15.1. The summed E-state index contributed by atoms with van der Waals surface area (Å²) >= 11 is 1.38. The third kappa shape index (κ3) is 4.95. The van der Waals surface area contributed by atoms with Crippen LogP contribution in [0.1, 0.15) is 55.9 Å². The standard InChI is InChI=1S/C19H27N3O3S.Na/c1-13(2)22-18(25)15(16(23)14-7-12-26-19(14)22)17(24)20-8-6-11-21-9-4-3-5-10-21;/h7,12-13H,3-6,8-11H2,1-2H3,(H2,20,23,24,25);/q;+1/p-1. The van der Waals surface area contributed by atoms with E-state index in [4.69, 9.17) is 0 Å². The van der Waals surface area contributed by atoms with Crippen LogP contribution in [-0.2, 0) is 0 Å². The van der Waals surface area contributed by atoms with E-state index < -0.39 is 11.5 Å². The van der Waals surface area contributed by atoms with E-state index >= 15 is 0 Å². The molecule has 0 atom stereocenters. The number of amides is 1. The van der Waals surface area contributed by atoms with Gasteiger partial charge in [0.2, 0.25) is 0 Å². The second kappa shape index (κ2) is 10.1. The molecule has 0 saturated carbocycles. The molecule has 1 aliphatic rings. The van der Waals surface area contributed by atoms with Gasteiger partial charge in [-0.3, -0.25) is 9.36 Å². The Bertz CT molecular complexity index is 841. The Kier molecular flexibility index (Phi) is 8.37. The Morgan fingerprint density at radius 2 is 2.00 bits per heavy atom. The van der Waals surface area contributed by atoms with E-state index in [1.807, 2.05) is 19.2 Å². The number of carbonyl (C=O) groups excluding carboxylic acids is 1. The maximum Gasteiger partial charge on any atom is 1.00 e. The number of carbonyl (C=O) groups is 1. The van der Waals surface area contributed by atoms with Crippen LogP contribution in [0.5, 0.6) is 5.75 Å². The van der Waals surface area contributed by atoms with Gasteiger partial charge >= 0.3 is 29.6 Å². The van der Waals surface area contributed by atoms with Crippen LogP contribution in [0.4, 0.5) is 0 Å². The van der Waals surface area contributed by atoms with Crippen LogP contribution in [0.25, 0.3) is 15.5 Å². The molecule has 0 bridgehead atoms. The maximum atomic E-state index is 12.8. The van der Waals surface area contributed by atoms with Crippen LogP contribution >= 0.6 is 11.3 Å². The van der Waals surface area contributed by atoms with Crippen molar-refractivity contribution in [2.45, 2.75) is 45.6 Å². The quantitative estimate of drug-likeness (QED) is 0.574. The average molecular weight is 399 g/mol. The minimum atomic E-state index is -0.617. The first-order valence-electron chi connectivity index (χ1n) is 9.29. The number of pyridine rings is 1. The number of fused-ring (bicyclic) bond motifs is 1. The van der Waals surface area contributed by atoms with Gasteiger partial charge in [-0.1, -0.05) is 12.8 Å². The minimum absolute atomic E-state index is 0. The predicted octanol–water partition coefficient (Wildman–Crippen LogP) is 0.743. The zero-order chi connectivity index (χ0) is 18.7. The fraction of sp³-hybridized carbons (Fsp3) is 0.579. The summed E-state index contributed by atoms with van der Waals surface area (Å²) < 4.78 is 1.57. The van der Waals surface area contributed by atoms with Gasteiger partial charge in [0.25, 0.3) is 5.56 Å². The molecule has 0 radical (unpaired) electrons. The first-order chi connectivity index (χ1) is 12.5. The third-order valence-electron chi connectivity index (χ3n) is 4.85. The Labute approximate surface area is 185 Å². The summed E-state index contributed by atoms with van der Waals surface area (Å²) in [5.74, 6) is -0.860. The summed E-state index contributed by atoms with van der Waals surface area (Å²) in [4.78, 5) is 28.4. The van der Waals surface area contributed by atoms with Gasteiger partial charge in [-0.25, -0.2) is 0 Å². The van der Waals surface area contributed by atoms with Gasteiger partial charge in [0.15, 0.2) is 0 Å². The first kappa shape index (κ1) is 22.4. The average Bonchev–Trinajstić information content (AvgIpc) is 3.09. The van der Waals surface area contributed by atoms with Gasteiger partial charge in [0.05, 0.1) is 11.3 Å². The van der Waals surface area contributed by atoms with Crippen LogP contribution < -0.4 is 35.1 Å². The summed E-state index contributed by atoms with van der Waals surface area (Å²) in [6.07, 6.45) is 4.55. The van der Waals surface area contributed by atoms with Crippen LogP contribution in [0.15, 0.2) is 16.2 Å². The Morgan fingerprint density at radius 1 is 1.30 bits per heavy atom. The zero-order valence-electron chi connectivity index (χ0n) is 16.4. The number of nitrogens with zero attached hydrogens (tertiary/aromatic N) is 3. The van der Waals surface area contributed by atoms with Gasteiger partial charge < -0.3 is 20.1 Å². The molecular formula is C19H26N3NaO3S. The molecule has 2 aromatic rings. The molecule has 1 fully saturated rings. The number of rotatable bonds is 6. The molecule has 27 heavy (non-hydrogen) atoms. The maximum absolute atomic E-state index is 12.8. The smallest absolute Gasteiger partial charge is 0.649 e. The van der Waals surface area contributed by atoms with Crippen molar-refractivity contribution in [3.05, 3.63) is 32.7 Å². The van der Waals surface area contributed by atoms with E-state index in [0.717, 1.165) is 26.1 Å². The van der Waals surface area contributed by atoms with Crippen molar-refractivity contribution < 1.29 is 39.5 Å². The number of piperidine rings is 1. The summed E-state index contributed by atoms with van der Waals surface area (Å²) in [5, 5.41) is 16.9. The van der Waals surface area contributed by atoms with Crippen LogP contribution in [0.3, 0.4) is 0 Å². The molecule has 8 heteroatoms. The van der Waals surface area contributed by atoms with Gasteiger partial charge in [-0.2, -0.15) is 0 Å². The van der Waals surface area contributed by atoms with E-state index in [-0.39, 0.29) is 46.9 Å². The summed E-state index contributed by atoms with van der Waals surface area (Å²) in [5.41, 5.74) is -0.667. The predicted molar refractivity (Wildman–Crippen MR) is 106 cm³/mol. The summed E-state index contributed by atoms with van der Waals surface area (Å²) in [6, 6.07) is 1.63. The van der Waals surface area contributed by atoms with Crippen molar-refractivity contribution in [3.8, 4) is 5.75 Å². The first-order valence-corrected chi connectivity index (χ1v) is 10.2. The summed E-state index contributed by atoms with van der Waals surface area (Å²) in [7, 11) is 0.